The monoisotopic (exact) mass is 476 g/mol. The quantitative estimate of drug-likeness (QED) is 0.625. The zero-order valence-corrected chi connectivity index (χ0v) is 20.5. The maximum atomic E-state index is 13.6. The molecule has 2 amide bonds. The van der Waals surface area contributed by atoms with E-state index < -0.39 is 0 Å². The minimum atomic E-state index is 0.00852. The lowest BCUT2D eigenvalue weighted by molar-refractivity contribution is -0.141. The summed E-state index contributed by atoms with van der Waals surface area (Å²) in [6, 6.07) is 14.3. The number of thioether (sulfide) groups is 1. The number of carbonyl (C=O) groups excluding carboxylic acids is 2. The molecule has 1 aromatic heterocycles. The van der Waals surface area contributed by atoms with Crippen molar-refractivity contribution in [2.75, 3.05) is 37.6 Å². The van der Waals surface area contributed by atoms with Crippen LogP contribution in [0.15, 0.2) is 53.6 Å². The first kappa shape index (κ1) is 23.0. The van der Waals surface area contributed by atoms with E-state index in [1.165, 1.54) is 12.0 Å². The summed E-state index contributed by atoms with van der Waals surface area (Å²) in [6.07, 6.45) is 8.20. The first-order valence-corrected chi connectivity index (χ1v) is 13.2. The number of aryl methyl sites for hydroxylation is 1. The fourth-order valence-electron chi connectivity index (χ4n) is 5.15. The third-order valence-corrected chi connectivity index (χ3v) is 8.50. The summed E-state index contributed by atoms with van der Waals surface area (Å²) in [5.74, 6) is 1.02. The van der Waals surface area contributed by atoms with Crippen molar-refractivity contribution >= 4 is 35.5 Å². The molecule has 6 nitrogen and oxygen atoms in total. The first-order chi connectivity index (χ1) is 16.6. The molecule has 0 N–H and O–H groups in total. The summed E-state index contributed by atoms with van der Waals surface area (Å²) in [6.45, 7) is 5.08. The number of benzene rings is 1. The van der Waals surface area contributed by atoms with Crippen molar-refractivity contribution in [3.8, 4) is 0 Å². The largest absolute Gasteiger partial charge is 0.353 e. The molecule has 2 atom stereocenters. The molecule has 1 aliphatic carbocycles. The van der Waals surface area contributed by atoms with Crippen LogP contribution in [0.2, 0.25) is 0 Å². The van der Waals surface area contributed by atoms with Gasteiger partial charge in [0.15, 0.2) is 0 Å². The number of amides is 2. The molecule has 2 aliphatic heterocycles. The minimum Gasteiger partial charge on any atom is -0.353 e. The Hall–Kier alpha value is -2.80. The maximum absolute atomic E-state index is 13.6. The van der Waals surface area contributed by atoms with E-state index in [2.05, 4.69) is 41.1 Å². The second-order valence-electron chi connectivity index (χ2n) is 9.42. The zero-order chi connectivity index (χ0) is 23.5. The molecule has 2 unspecified atom stereocenters. The van der Waals surface area contributed by atoms with Crippen molar-refractivity contribution in [3.05, 3.63) is 64.7 Å². The minimum absolute atomic E-state index is 0.00852. The van der Waals surface area contributed by atoms with E-state index in [4.69, 9.17) is 0 Å². The van der Waals surface area contributed by atoms with Crippen molar-refractivity contribution in [2.24, 2.45) is 0 Å². The molecule has 3 heterocycles. The van der Waals surface area contributed by atoms with Gasteiger partial charge in [-0.2, -0.15) is 0 Å². The van der Waals surface area contributed by atoms with E-state index in [0.717, 1.165) is 48.6 Å². The predicted molar refractivity (Wildman–Crippen MR) is 138 cm³/mol. The Labute approximate surface area is 206 Å². The topological polar surface area (TPSA) is 56.8 Å². The van der Waals surface area contributed by atoms with Crippen LogP contribution >= 0.6 is 11.8 Å². The first-order valence-electron chi connectivity index (χ1n) is 12.3. The zero-order valence-electron chi connectivity index (χ0n) is 19.7. The lowest BCUT2D eigenvalue weighted by Gasteiger charge is -2.45. The molecular weight excluding hydrogens is 444 g/mol. The molecule has 2 saturated heterocycles. The highest BCUT2D eigenvalue weighted by molar-refractivity contribution is 8.04. The van der Waals surface area contributed by atoms with Gasteiger partial charge < -0.3 is 14.7 Å². The van der Waals surface area contributed by atoms with E-state index in [-0.39, 0.29) is 24.4 Å². The number of anilines is 1. The fourth-order valence-corrected chi connectivity index (χ4v) is 6.62. The average Bonchev–Trinajstić information content (AvgIpc) is 2.88. The van der Waals surface area contributed by atoms with Gasteiger partial charge in [0.2, 0.25) is 5.91 Å². The molecule has 178 valence electrons. The molecule has 7 heteroatoms. The van der Waals surface area contributed by atoms with Gasteiger partial charge in [-0.15, -0.1) is 11.8 Å². The Morgan fingerprint density at radius 3 is 2.56 bits per heavy atom. The summed E-state index contributed by atoms with van der Waals surface area (Å²) in [5.41, 5.74) is 2.24. The molecule has 1 saturated carbocycles. The van der Waals surface area contributed by atoms with Gasteiger partial charge in [-0.1, -0.05) is 48.7 Å². The van der Waals surface area contributed by atoms with Crippen LogP contribution in [0.5, 0.6) is 0 Å². The number of carbonyl (C=O) groups is 2. The second kappa shape index (κ2) is 10.2. The van der Waals surface area contributed by atoms with Gasteiger partial charge in [0.1, 0.15) is 12.4 Å². The SMILES string of the molecule is Cc1ccc(/C=C2/SC3CCCCC3N(CC(=O)N3CCN(c4ccccn4)CC3)C2=O)cc1. The van der Waals surface area contributed by atoms with E-state index in [9.17, 15) is 9.59 Å². The Morgan fingerprint density at radius 1 is 1.06 bits per heavy atom. The average molecular weight is 477 g/mol. The number of fused-ring (bicyclic) bond motifs is 1. The highest BCUT2D eigenvalue weighted by Crippen LogP contribution is 2.42. The van der Waals surface area contributed by atoms with Gasteiger partial charge in [0, 0.05) is 43.7 Å². The molecule has 2 aromatic rings. The third kappa shape index (κ3) is 4.99. The fraction of sp³-hybridized carbons (Fsp3) is 0.444. The number of aromatic nitrogens is 1. The maximum Gasteiger partial charge on any atom is 0.261 e. The van der Waals surface area contributed by atoms with Gasteiger partial charge in [0.25, 0.3) is 5.91 Å². The van der Waals surface area contributed by atoms with Crippen LogP contribution < -0.4 is 4.90 Å². The van der Waals surface area contributed by atoms with Crippen molar-refractivity contribution in [2.45, 2.75) is 43.9 Å². The van der Waals surface area contributed by atoms with Crippen molar-refractivity contribution in [1.82, 2.24) is 14.8 Å². The highest BCUT2D eigenvalue weighted by Gasteiger charge is 2.41. The number of hydrogen-bond donors (Lipinski definition) is 0. The number of rotatable bonds is 4. The lowest BCUT2D eigenvalue weighted by Crippen LogP contribution is -2.57. The summed E-state index contributed by atoms with van der Waals surface area (Å²) in [5, 5.41) is 0.372. The van der Waals surface area contributed by atoms with Gasteiger partial charge in [-0.3, -0.25) is 9.59 Å². The molecular formula is C27H32N4O2S. The van der Waals surface area contributed by atoms with Crippen LogP contribution in [0.1, 0.15) is 36.8 Å². The van der Waals surface area contributed by atoms with Crippen LogP contribution in [0, 0.1) is 6.92 Å². The van der Waals surface area contributed by atoms with E-state index in [1.54, 1.807) is 18.0 Å². The van der Waals surface area contributed by atoms with Crippen LogP contribution in [-0.4, -0.2) is 70.6 Å². The molecule has 0 spiro atoms. The number of pyridine rings is 1. The third-order valence-electron chi connectivity index (χ3n) is 7.10. The lowest BCUT2D eigenvalue weighted by atomic mass is 9.93. The summed E-state index contributed by atoms with van der Waals surface area (Å²) >= 11 is 1.72. The van der Waals surface area contributed by atoms with Crippen LogP contribution in [0.3, 0.4) is 0 Å². The Bertz CT molecular complexity index is 1050. The van der Waals surface area contributed by atoms with Crippen LogP contribution in [-0.2, 0) is 9.59 Å². The number of piperazine rings is 1. The van der Waals surface area contributed by atoms with Gasteiger partial charge in [0.05, 0.1) is 4.91 Å². The van der Waals surface area contributed by atoms with E-state index in [1.807, 2.05) is 34.1 Å². The second-order valence-corrected chi connectivity index (χ2v) is 10.7. The molecule has 34 heavy (non-hydrogen) atoms. The van der Waals surface area contributed by atoms with Crippen LogP contribution in [0.4, 0.5) is 5.82 Å². The van der Waals surface area contributed by atoms with Gasteiger partial charge >= 0.3 is 0 Å². The van der Waals surface area contributed by atoms with Gasteiger partial charge in [-0.25, -0.2) is 4.98 Å². The molecule has 0 radical (unpaired) electrons. The number of hydrogen-bond acceptors (Lipinski definition) is 5. The standard InChI is InChI=1S/C27H32N4O2S/c1-20-9-11-21(12-10-20)18-24-27(33)31(22-6-2-3-7-23(22)34-24)19-26(32)30-16-14-29(15-17-30)25-8-4-5-13-28-25/h4-5,8-13,18,22-23H,2-3,6-7,14-17,19H2,1H3/b24-18+. The van der Waals surface area contributed by atoms with Crippen molar-refractivity contribution < 1.29 is 9.59 Å². The summed E-state index contributed by atoms with van der Waals surface area (Å²) in [4.78, 5) is 38.1. The summed E-state index contributed by atoms with van der Waals surface area (Å²) in [7, 11) is 0. The van der Waals surface area contributed by atoms with Crippen molar-refractivity contribution in [3.63, 3.8) is 0 Å². The Kier molecular flexibility index (Phi) is 6.90. The Morgan fingerprint density at radius 2 is 1.82 bits per heavy atom. The predicted octanol–water partition coefficient (Wildman–Crippen LogP) is 3.97. The van der Waals surface area contributed by atoms with Crippen molar-refractivity contribution in [1.29, 1.82) is 0 Å². The molecule has 3 aliphatic rings. The summed E-state index contributed by atoms with van der Waals surface area (Å²) < 4.78 is 0. The molecule has 5 rings (SSSR count). The molecule has 1 aromatic carbocycles. The molecule has 0 bridgehead atoms. The number of nitrogens with zero attached hydrogens (tertiary/aromatic N) is 4. The smallest absolute Gasteiger partial charge is 0.261 e. The van der Waals surface area contributed by atoms with Gasteiger partial charge in [-0.05, 0) is 43.5 Å². The van der Waals surface area contributed by atoms with Crippen LogP contribution in [0.25, 0.3) is 6.08 Å². The van der Waals surface area contributed by atoms with E-state index in [0.29, 0.717) is 18.3 Å². The Balaban J connectivity index is 1.28. The van der Waals surface area contributed by atoms with E-state index >= 15 is 0 Å². The highest BCUT2D eigenvalue weighted by atomic mass is 32.2. The molecule has 3 fully saturated rings. The normalized spacial score (nSPS) is 24.3.